The second-order valence-corrected chi connectivity index (χ2v) is 5.37. The van der Waals surface area contributed by atoms with Gasteiger partial charge in [0.2, 0.25) is 5.91 Å². The Morgan fingerprint density at radius 1 is 1.40 bits per heavy atom. The van der Waals surface area contributed by atoms with E-state index in [9.17, 15) is 4.79 Å². The van der Waals surface area contributed by atoms with E-state index in [4.69, 9.17) is 4.74 Å². The predicted octanol–water partition coefficient (Wildman–Crippen LogP) is 1.45. The molecule has 0 saturated carbocycles. The largest absolute Gasteiger partial charge is 0.490 e. The maximum absolute atomic E-state index is 12.7. The zero-order valence-electron chi connectivity index (χ0n) is 11.8. The monoisotopic (exact) mass is 275 g/mol. The number of nitrogens with zero attached hydrogens (tertiary/aromatic N) is 1. The quantitative estimate of drug-likeness (QED) is 0.876. The highest BCUT2D eigenvalue weighted by Gasteiger charge is 2.34. The number of para-hydroxylation sites is 2. The highest BCUT2D eigenvalue weighted by molar-refractivity contribution is 5.99. The molecule has 0 spiro atoms. The molecule has 2 heterocycles. The number of benzene rings is 1. The summed E-state index contributed by atoms with van der Waals surface area (Å²) >= 11 is 0. The average molecular weight is 275 g/mol. The number of nitrogens with one attached hydrogen (secondary N) is 2. The van der Waals surface area contributed by atoms with Gasteiger partial charge in [0.1, 0.15) is 18.4 Å². The zero-order chi connectivity index (χ0) is 13.9. The van der Waals surface area contributed by atoms with Crippen molar-refractivity contribution in [3.63, 3.8) is 0 Å². The fourth-order valence-corrected chi connectivity index (χ4v) is 2.91. The molecule has 1 fully saturated rings. The van der Waals surface area contributed by atoms with Gasteiger partial charge in [-0.05, 0) is 25.0 Å². The molecule has 0 aliphatic carbocycles. The first-order valence-electron chi connectivity index (χ1n) is 7.34. The summed E-state index contributed by atoms with van der Waals surface area (Å²) in [5.74, 6) is 0.926. The van der Waals surface area contributed by atoms with Crippen LogP contribution < -0.4 is 20.5 Å². The summed E-state index contributed by atoms with van der Waals surface area (Å²) in [6.45, 7) is 3.34. The molecular weight excluding hydrogens is 254 g/mol. The summed E-state index contributed by atoms with van der Waals surface area (Å²) in [5.41, 5.74) is 7.24. The van der Waals surface area contributed by atoms with Crippen molar-refractivity contribution in [3.05, 3.63) is 24.3 Å². The molecule has 1 aromatic carbocycles. The number of hydrazine groups is 1. The summed E-state index contributed by atoms with van der Waals surface area (Å²) in [6.07, 6.45) is 3.07. The average Bonchev–Trinajstić information content (AvgIpc) is 2.95. The van der Waals surface area contributed by atoms with Crippen molar-refractivity contribution in [2.24, 2.45) is 0 Å². The smallest absolute Gasteiger partial charge is 0.245 e. The molecule has 5 heteroatoms. The number of fused-ring (bicyclic) bond motifs is 1. The number of hydrogen-bond acceptors (Lipinski definition) is 4. The van der Waals surface area contributed by atoms with E-state index in [0.717, 1.165) is 30.7 Å². The molecule has 1 amide bonds. The molecule has 0 radical (unpaired) electrons. The predicted molar refractivity (Wildman–Crippen MR) is 77.7 cm³/mol. The molecule has 0 bridgehead atoms. The van der Waals surface area contributed by atoms with Crippen LogP contribution in [0.2, 0.25) is 0 Å². The Morgan fingerprint density at radius 2 is 2.25 bits per heavy atom. The van der Waals surface area contributed by atoms with Crippen LogP contribution in [0, 0.1) is 0 Å². The molecule has 3 rings (SSSR count). The van der Waals surface area contributed by atoms with Crippen molar-refractivity contribution >= 4 is 11.6 Å². The number of carbonyl (C=O) groups excluding carboxylic acids is 1. The third-order valence-corrected chi connectivity index (χ3v) is 3.91. The minimum absolute atomic E-state index is 0.131. The van der Waals surface area contributed by atoms with Gasteiger partial charge in [-0.15, -0.1) is 0 Å². The van der Waals surface area contributed by atoms with Crippen LogP contribution in [0.1, 0.15) is 26.2 Å². The number of hydrogen-bond donors (Lipinski definition) is 2. The highest BCUT2D eigenvalue weighted by atomic mass is 16.5. The number of rotatable bonds is 3. The Kier molecular flexibility index (Phi) is 3.89. The summed E-state index contributed by atoms with van der Waals surface area (Å²) in [4.78, 5) is 14.5. The molecule has 2 atom stereocenters. The van der Waals surface area contributed by atoms with E-state index < -0.39 is 0 Å². The lowest BCUT2D eigenvalue weighted by atomic mass is 10.0. The summed E-state index contributed by atoms with van der Waals surface area (Å²) in [5, 5.41) is 0. The van der Waals surface area contributed by atoms with Crippen molar-refractivity contribution in [1.29, 1.82) is 0 Å². The first-order valence-corrected chi connectivity index (χ1v) is 7.34. The maximum Gasteiger partial charge on any atom is 0.245 e. The Hall–Kier alpha value is -1.59. The fourth-order valence-electron chi connectivity index (χ4n) is 2.91. The standard InChI is InChI=1S/C15H21N3O2/c1-2-5-11-10-12(17-16-11)15(19)18-8-9-20-14-7-4-3-6-13(14)18/h3-4,6-7,11-12,16-17H,2,5,8-10H2,1H3. The number of amides is 1. The van der Waals surface area contributed by atoms with Gasteiger partial charge in [-0.25, -0.2) is 5.43 Å². The van der Waals surface area contributed by atoms with Crippen molar-refractivity contribution in [3.8, 4) is 5.75 Å². The molecule has 5 nitrogen and oxygen atoms in total. The topological polar surface area (TPSA) is 53.6 Å². The number of carbonyl (C=O) groups is 1. The van der Waals surface area contributed by atoms with Gasteiger partial charge in [0.05, 0.1) is 12.2 Å². The summed E-state index contributed by atoms with van der Waals surface area (Å²) in [7, 11) is 0. The van der Waals surface area contributed by atoms with Crippen molar-refractivity contribution in [2.75, 3.05) is 18.1 Å². The van der Waals surface area contributed by atoms with Crippen LogP contribution in [0.3, 0.4) is 0 Å². The maximum atomic E-state index is 12.7. The van der Waals surface area contributed by atoms with E-state index in [0.29, 0.717) is 19.2 Å². The molecule has 2 aliphatic heterocycles. The normalized spacial score (nSPS) is 25.1. The third-order valence-electron chi connectivity index (χ3n) is 3.91. The van der Waals surface area contributed by atoms with Crippen LogP contribution in [-0.4, -0.2) is 31.1 Å². The summed E-state index contributed by atoms with van der Waals surface area (Å²) < 4.78 is 5.60. The van der Waals surface area contributed by atoms with Gasteiger partial charge in [-0.2, -0.15) is 0 Å². The van der Waals surface area contributed by atoms with Crippen LogP contribution in [0.25, 0.3) is 0 Å². The number of anilines is 1. The minimum atomic E-state index is -0.141. The molecule has 1 aromatic rings. The second kappa shape index (κ2) is 5.81. The lowest BCUT2D eigenvalue weighted by Crippen LogP contribution is -2.48. The molecule has 2 N–H and O–H groups in total. The fraction of sp³-hybridized carbons (Fsp3) is 0.533. The van der Waals surface area contributed by atoms with Gasteiger partial charge in [0, 0.05) is 6.04 Å². The lowest BCUT2D eigenvalue weighted by Gasteiger charge is -2.31. The lowest BCUT2D eigenvalue weighted by molar-refractivity contribution is -0.120. The van der Waals surface area contributed by atoms with Crippen LogP contribution in [0.4, 0.5) is 5.69 Å². The molecule has 108 valence electrons. The third kappa shape index (κ3) is 2.51. The van der Waals surface area contributed by atoms with E-state index in [1.54, 1.807) is 0 Å². The molecule has 0 aromatic heterocycles. The van der Waals surface area contributed by atoms with Gasteiger partial charge in [-0.1, -0.05) is 25.5 Å². The highest BCUT2D eigenvalue weighted by Crippen LogP contribution is 2.31. The van der Waals surface area contributed by atoms with Crippen molar-refractivity contribution in [2.45, 2.75) is 38.3 Å². The molecule has 1 saturated heterocycles. The molecular formula is C15H21N3O2. The zero-order valence-corrected chi connectivity index (χ0v) is 11.8. The second-order valence-electron chi connectivity index (χ2n) is 5.37. The SMILES string of the molecule is CCCC1CC(C(=O)N2CCOc3ccccc32)NN1. The molecule has 2 aliphatic rings. The van der Waals surface area contributed by atoms with Crippen molar-refractivity contribution < 1.29 is 9.53 Å². The van der Waals surface area contributed by atoms with E-state index in [-0.39, 0.29) is 11.9 Å². The van der Waals surface area contributed by atoms with Crippen LogP contribution in [0.15, 0.2) is 24.3 Å². The van der Waals surface area contributed by atoms with Gasteiger partial charge in [0.15, 0.2) is 0 Å². The van der Waals surface area contributed by atoms with Crippen LogP contribution in [0.5, 0.6) is 5.75 Å². The van der Waals surface area contributed by atoms with Gasteiger partial charge in [-0.3, -0.25) is 10.2 Å². The van der Waals surface area contributed by atoms with Crippen molar-refractivity contribution in [1.82, 2.24) is 10.9 Å². The van der Waals surface area contributed by atoms with Crippen LogP contribution >= 0.6 is 0 Å². The van der Waals surface area contributed by atoms with Gasteiger partial charge >= 0.3 is 0 Å². The summed E-state index contributed by atoms with van der Waals surface area (Å²) in [6, 6.07) is 7.98. The number of ether oxygens (including phenoxy) is 1. The Balaban J connectivity index is 1.73. The Morgan fingerprint density at radius 3 is 3.10 bits per heavy atom. The van der Waals surface area contributed by atoms with E-state index >= 15 is 0 Å². The minimum Gasteiger partial charge on any atom is -0.490 e. The first-order chi connectivity index (χ1) is 9.79. The van der Waals surface area contributed by atoms with E-state index in [2.05, 4.69) is 17.8 Å². The van der Waals surface area contributed by atoms with Gasteiger partial charge < -0.3 is 9.64 Å². The van der Waals surface area contributed by atoms with E-state index in [1.807, 2.05) is 29.2 Å². The van der Waals surface area contributed by atoms with Crippen LogP contribution in [-0.2, 0) is 4.79 Å². The Labute approximate surface area is 119 Å². The molecule has 2 unspecified atom stereocenters. The Bertz CT molecular complexity index is 492. The van der Waals surface area contributed by atoms with E-state index in [1.165, 1.54) is 0 Å². The van der Waals surface area contributed by atoms with Gasteiger partial charge in [0.25, 0.3) is 0 Å². The first kappa shape index (κ1) is 13.4. The molecule has 20 heavy (non-hydrogen) atoms.